The van der Waals surface area contributed by atoms with Gasteiger partial charge in [-0.25, -0.2) is 4.98 Å². The molecule has 1 N–H and O–H groups in total. The van der Waals surface area contributed by atoms with E-state index in [1.807, 2.05) is 18.3 Å². The normalized spacial score (nSPS) is 17.3. The summed E-state index contributed by atoms with van der Waals surface area (Å²) in [5.74, 6) is 1.33. The van der Waals surface area contributed by atoms with Crippen molar-refractivity contribution in [3.63, 3.8) is 0 Å². The average molecular weight is 428 g/mol. The number of ether oxygens (including phenoxy) is 2. The number of aromatic nitrogens is 2. The minimum atomic E-state index is 0.426. The Morgan fingerprint density at radius 1 is 1.09 bits per heavy atom. The van der Waals surface area contributed by atoms with Crippen LogP contribution in [-0.4, -0.2) is 48.3 Å². The van der Waals surface area contributed by atoms with E-state index in [-0.39, 0.29) is 0 Å². The van der Waals surface area contributed by atoms with Gasteiger partial charge in [0.15, 0.2) is 0 Å². The third kappa shape index (κ3) is 4.69. The summed E-state index contributed by atoms with van der Waals surface area (Å²) in [6, 6.07) is 23.3. The van der Waals surface area contributed by atoms with Gasteiger partial charge < -0.3 is 14.5 Å². The van der Waals surface area contributed by atoms with Crippen molar-refractivity contribution in [1.82, 2.24) is 14.9 Å². The number of hydrogen-bond donors (Lipinski definition) is 1. The number of para-hydroxylation sites is 1. The van der Waals surface area contributed by atoms with Crippen molar-refractivity contribution in [2.24, 2.45) is 5.92 Å². The van der Waals surface area contributed by atoms with E-state index in [0.29, 0.717) is 5.92 Å². The van der Waals surface area contributed by atoms with E-state index in [2.05, 4.69) is 64.5 Å². The first kappa shape index (κ1) is 20.7. The number of benzene rings is 2. The summed E-state index contributed by atoms with van der Waals surface area (Å²) in [4.78, 5) is 10.5. The van der Waals surface area contributed by atoms with Crippen LogP contribution in [0.25, 0.3) is 22.2 Å². The predicted molar refractivity (Wildman–Crippen MR) is 128 cm³/mol. The van der Waals surface area contributed by atoms with Crippen LogP contribution in [0.3, 0.4) is 0 Å². The summed E-state index contributed by atoms with van der Waals surface area (Å²) in [6.45, 7) is 4.40. The Kier molecular flexibility index (Phi) is 6.19. The number of methoxy groups -OCH3 is 1. The van der Waals surface area contributed by atoms with Gasteiger partial charge in [0.05, 0.1) is 20.3 Å². The monoisotopic (exact) mass is 427 g/mol. The first-order valence-electron chi connectivity index (χ1n) is 11.2. The lowest BCUT2D eigenvalue weighted by Gasteiger charge is -2.23. The van der Waals surface area contributed by atoms with E-state index in [1.54, 1.807) is 7.11 Å². The van der Waals surface area contributed by atoms with Crippen LogP contribution in [0, 0.1) is 5.92 Å². The minimum Gasteiger partial charge on any atom is -0.496 e. The summed E-state index contributed by atoms with van der Waals surface area (Å²) in [5, 5.41) is 1.16. The number of H-pyrrole nitrogens is 1. The van der Waals surface area contributed by atoms with Gasteiger partial charge >= 0.3 is 0 Å². The Morgan fingerprint density at radius 2 is 2.03 bits per heavy atom. The van der Waals surface area contributed by atoms with Gasteiger partial charge in [0.25, 0.3) is 0 Å². The van der Waals surface area contributed by atoms with Crippen molar-refractivity contribution in [3.8, 4) is 16.9 Å². The van der Waals surface area contributed by atoms with Gasteiger partial charge in [-0.3, -0.25) is 4.90 Å². The summed E-state index contributed by atoms with van der Waals surface area (Å²) >= 11 is 0. The number of rotatable bonds is 6. The van der Waals surface area contributed by atoms with E-state index >= 15 is 0 Å². The molecule has 4 aromatic rings. The molecule has 0 saturated carbocycles. The lowest BCUT2D eigenvalue weighted by molar-refractivity contribution is 0.121. The van der Waals surface area contributed by atoms with Crippen LogP contribution >= 0.6 is 0 Å². The summed E-state index contributed by atoms with van der Waals surface area (Å²) < 4.78 is 11.5. The Balaban J connectivity index is 1.29. The Labute approximate surface area is 189 Å². The largest absolute Gasteiger partial charge is 0.496 e. The van der Waals surface area contributed by atoms with E-state index in [0.717, 1.165) is 67.3 Å². The van der Waals surface area contributed by atoms with E-state index in [9.17, 15) is 0 Å². The van der Waals surface area contributed by atoms with Gasteiger partial charge in [-0.05, 0) is 47.9 Å². The Hall–Kier alpha value is -3.15. The second-order valence-corrected chi connectivity index (χ2v) is 8.50. The van der Waals surface area contributed by atoms with Crippen molar-refractivity contribution in [3.05, 3.63) is 84.2 Å². The fourth-order valence-electron chi connectivity index (χ4n) is 4.58. The number of nitrogens with one attached hydrogen (secondary N) is 1. The number of aromatic amines is 1. The Bertz CT molecular complexity index is 1190. The number of nitrogens with zero attached hydrogens (tertiary/aromatic N) is 2. The second kappa shape index (κ2) is 9.55. The SMILES string of the molecule is COc1ccccc1-c1cccc(CN2CCOC[C@@H](Cc3ccc4cc[nH]c4n3)C2)c1. The number of fused-ring (bicyclic) bond motifs is 1. The zero-order valence-corrected chi connectivity index (χ0v) is 18.5. The third-order valence-corrected chi connectivity index (χ3v) is 6.14. The van der Waals surface area contributed by atoms with Crippen LogP contribution in [-0.2, 0) is 17.7 Å². The molecule has 0 aliphatic carbocycles. The molecule has 1 aliphatic rings. The molecule has 0 amide bonds. The van der Waals surface area contributed by atoms with Crippen LogP contribution in [0.4, 0.5) is 0 Å². The van der Waals surface area contributed by atoms with E-state index < -0.39 is 0 Å². The van der Waals surface area contributed by atoms with Gasteiger partial charge in [-0.2, -0.15) is 0 Å². The average Bonchev–Trinajstić information content (AvgIpc) is 3.19. The molecule has 2 aromatic carbocycles. The minimum absolute atomic E-state index is 0.426. The quantitative estimate of drug-likeness (QED) is 0.474. The number of hydrogen-bond acceptors (Lipinski definition) is 4. The smallest absolute Gasteiger partial charge is 0.137 e. The topological polar surface area (TPSA) is 50.4 Å². The van der Waals surface area contributed by atoms with Crippen molar-refractivity contribution in [1.29, 1.82) is 0 Å². The standard InChI is InChI=1S/C27H29N3O2/c1-31-26-8-3-2-7-25(26)23-6-4-5-20(15-23)17-30-13-14-32-19-21(18-30)16-24-10-9-22-11-12-28-27(22)29-24/h2-12,15,21H,13-14,16-19H2,1H3,(H,28,29)/t21-/m0/s1. The van der Waals surface area contributed by atoms with Crippen LogP contribution in [0.1, 0.15) is 11.3 Å². The summed E-state index contributed by atoms with van der Waals surface area (Å²) in [5.41, 5.74) is 5.70. The van der Waals surface area contributed by atoms with Crippen LogP contribution in [0.5, 0.6) is 5.75 Å². The van der Waals surface area contributed by atoms with Crippen molar-refractivity contribution >= 4 is 11.0 Å². The van der Waals surface area contributed by atoms with Crippen molar-refractivity contribution in [2.75, 3.05) is 33.4 Å². The molecule has 5 nitrogen and oxygen atoms in total. The molecule has 1 saturated heterocycles. The van der Waals surface area contributed by atoms with E-state index in [1.165, 1.54) is 11.1 Å². The molecule has 32 heavy (non-hydrogen) atoms. The number of pyridine rings is 1. The molecule has 0 spiro atoms. The fourth-order valence-corrected chi connectivity index (χ4v) is 4.58. The molecule has 5 rings (SSSR count). The molecule has 1 atom stereocenters. The molecule has 0 radical (unpaired) electrons. The van der Waals surface area contributed by atoms with Gasteiger partial charge in [-0.1, -0.05) is 36.4 Å². The van der Waals surface area contributed by atoms with Gasteiger partial charge in [0.2, 0.25) is 0 Å². The third-order valence-electron chi connectivity index (χ3n) is 6.14. The maximum atomic E-state index is 5.95. The molecule has 3 heterocycles. The van der Waals surface area contributed by atoms with Crippen LogP contribution < -0.4 is 4.74 Å². The van der Waals surface area contributed by atoms with Gasteiger partial charge in [0.1, 0.15) is 11.4 Å². The highest BCUT2D eigenvalue weighted by atomic mass is 16.5. The highest BCUT2D eigenvalue weighted by Crippen LogP contribution is 2.30. The molecular weight excluding hydrogens is 398 g/mol. The van der Waals surface area contributed by atoms with E-state index in [4.69, 9.17) is 14.5 Å². The second-order valence-electron chi connectivity index (χ2n) is 8.50. The predicted octanol–water partition coefficient (Wildman–Crippen LogP) is 4.93. The first-order chi connectivity index (χ1) is 15.8. The maximum absolute atomic E-state index is 5.95. The lowest BCUT2D eigenvalue weighted by Crippen LogP contribution is -2.30. The molecule has 2 aromatic heterocycles. The first-order valence-corrected chi connectivity index (χ1v) is 11.2. The Morgan fingerprint density at radius 3 is 2.97 bits per heavy atom. The molecule has 0 bridgehead atoms. The van der Waals surface area contributed by atoms with Crippen molar-refractivity contribution < 1.29 is 9.47 Å². The molecule has 5 heteroatoms. The molecule has 0 unspecified atom stereocenters. The van der Waals surface area contributed by atoms with Gasteiger partial charge in [0, 0.05) is 48.4 Å². The summed E-state index contributed by atoms with van der Waals surface area (Å²) in [7, 11) is 1.72. The van der Waals surface area contributed by atoms with Crippen LogP contribution in [0.15, 0.2) is 72.9 Å². The lowest BCUT2D eigenvalue weighted by atomic mass is 10.0. The zero-order chi connectivity index (χ0) is 21.8. The summed E-state index contributed by atoms with van der Waals surface area (Å²) in [6.07, 6.45) is 2.86. The van der Waals surface area contributed by atoms with Gasteiger partial charge in [-0.15, -0.1) is 0 Å². The molecular formula is C27H29N3O2. The highest BCUT2D eigenvalue weighted by molar-refractivity contribution is 5.75. The molecule has 1 aliphatic heterocycles. The molecule has 1 fully saturated rings. The zero-order valence-electron chi connectivity index (χ0n) is 18.5. The molecule has 164 valence electrons. The highest BCUT2D eigenvalue weighted by Gasteiger charge is 2.20. The van der Waals surface area contributed by atoms with Crippen LogP contribution in [0.2, 0.25) is 0 Å². The maximum Gasteiger partial charge on any atom is 0.137 e. The van der Waals surface area contributed by atoms with Crippen molar-refractivity contribution in [2.45, 2.75) is 13.0 Å². The fraction of sp³-hybridized carbons (Fsp3) is 0.296.